The van der Waals surface area contributed by atoms with E-state index in [9.17, 15) is 13.2 Å². The Balaban J connectivity index is 2.01. The predicted octanol–water partition coefficient (Wildman–Crippen LogP) is 4.24. The van der Waals surface area contributed by atoms with E-state index in [4.69, 9.17) is 0 Å². The summed E-state index contributed by atoms with van der Waals surface area (Å²) >= 11 is 0. The van der Waals surface area contributed by atoms with Crippen LogP contribution in [-0.4, -0.2) is 12.4 Å². The average Bonchev–Trinajstić information content (AvgIpc) is 2.38. The van der Waals surface area contributed by atoms with E-state index >= 15 is 0 Å². The zero-order valence-electron chi connectivity index (χ0n) is 10.6. The Labute approximate surface area is 114 Å². The molecule has 0 aliphatic rings. The van der Waals surface area contributed by atoms with Crippen molar-refractivity contribution in [3.63, 3.8) is 0 Å². The molecule has 5 heteroatoms. The second-order valence-corrected chi connectivity index (χ2v) is 4.27. The molecule has 0 saturated carbocycles. The van der Waals surface area contributed by atoms with Crippen molar-refractivity contribution >= 4 is 11.9 Å². The van der Waals surface area contributed by atoms with E-state index in [1.165, 1.54) is 18.3 Å². The van der Waals surface area contributed by atoms with Gasteiger partial charge < -0.3 is 0 Å². The van der Waals surface area contributed by atoms with Gasteiger partial charge in [-0.05, 0) is 29.3 Å². The lowest BCUT2D eigenvalue weighted by molar-refractivity contribution is -0.127. The van der Waals surface area contributed by atoms with Crippen LogP contribution in [0.3, 0.4) is 0 Å². The summed E-state index contributed by atoms with van der Waals surface area (Å²) in [5, 5.41) is 3.99. The maximum Gasteiger partial charge on any atom is 0.393 e. The molecular weight excluding hydrogens is 265 g/mol. The number of alkyl halides is 3. The van der Waals surface area contributed by atoms with Crippen LogP contribution in [0.15, 0.2) is 59.7 Å². The summed E-state index contributed by atoms with van der Waals surface area (Å²) < 4.78 is 36.9. The number of hydrogen-bond acceptors (Lipinski definition) is 2. The third-order valence-electron chi connectivity index (χ3n) is 2.54. The number of benzene rings is 2. The van der Waals surface area contributed by atoms with Crippen molar-refractivity contribution in [3.05, 3.63) is 65.7 Å². The number of hydrazone groups is 1. The van der Waals surface area contributed by atoms with Gasteiger partial charge in [0.2, 0.25) is 0 Å². The Kier molecular flexibility index (Phi) is 4.40. The maximum absolute atomic E-state index is 12.3. The van der Waals surface area contributed by atoms with Crippen LogP contribution in [-0.2, 0) is 6.42 Å². The van der Waals surface area contributed by atoms with Gasteiger partial charge in [0.25, 0.3) is 0 Å². The monoisotopic (exact) mass is 278 g/mol. The van der Waals surface area contributed by atoms with Crippen LogP contribution in [0.4, 0.5) is 18.9 Å². The SMILES string of the molecule is FC(F)(F)Cc1cccc(C=NNc2ccccc2)c1. The van der Waals surface area contributed by atoms with E-state index in [2.05, 4.69) is 10.5 Å². The zero-order chi connectivity index (χ0) is 14.4. The minimum atomic E-state index is -4.20. The molecule has 2 aromatic carbocycles. The van der Waals surface area contributed by atoms with Crippen molar-refractivity contribution < 1.29 is 13.2 Å². The van der Waals surface area contributed by atoms with Crippen molar-refractivity contribution in [1.82, 2.24) is 0 Å². The summed E-state index contributed by atoms with van der Waals surface area (Å²) in [4.78, 5) is 0. The highest BCUT2D eigenvalue weighted by molar-refractivity contribution is 5.80. The van der Waals surface area contributed by atoms with Crippen molar-refractivity contribution in [1.29, 1.82) is 0 Å². The van der Waals surface area contributed by atoms with Crippen LogP contribution in [0, 0.1) is 0 Å². The first-order chi connectivity index (χ1) is 9.53. The Morgan fingerprint density at radius 3 is 2.45 bits per heavy atom. The molecule has 2 nitrogen and oxygen atoms in total. The number of hydrogen-bond donors (Lipinski definition) is 1. The molecule has 0 spiro atoms. The third kappa shape index (κ3) is 4.76. The largest absolute Gasteiger partial charge is 0.393 e. The molecule has 0 bridgehead atoms. The Hall–Kier alpha value is -2.30. The van der Waals surface area contributed by atoms with Crippen molar-refractivity contribution in [2.24, 2.45) is 5.10 Å². The molecule has 0 saturated heterocycles. The van der Waals surface area contributed by atoms with E-state index < -0.39 is 12.6 Å². The molecule has 0 aromatic heterocycles. The summed E-state index contributed by atoms with van der Waals surface area (Å²) in [6.45, 7) is 0. The number of nitrogens with zero attached hydrogens (tertiary/aromatic N) is 1. The van der Waals surface area contributed by atoms with E-state index in [1.807, 2.05) is 30.3 Å². The molecule has 0 radical (unpaired) electrons. The molecule has 20 heavy (non-hydrogen) atoms. The second-order valence-electron chi connectivity index (χ2n) is 4.27. The highest BCUT2D eigenvalue weighted by atomic mass is 19.4. The minimum Gasteiger partial charge on any atom is -0.279 e. The van der Waals surface area contributed by atoms with Crippen LogP contribution in [0.1, 0.15) is 11.1 Å². The van der Waals surface area contributed by atoms with Crippen LogP contribution < -0.4 is 5.43 Å². The van der Waals surface area contributed by atoms with Gasteiger partial charge in [-0.2, -0.15) is 18.3 Å². The normalized spacial score (nSPS) is 11.8. The van der Waals surface area contributed by atoms with Crippen LogP contribution in [0.25, 0.3) is 0 Å². The smallest absolute Gasteiger partial charge is 0.279 e. The van der Waals surface area contributed by atoms with Gasteiger partial charge in [-0.1, -0.05) is 36.4 Å². The molecule has 2 rings (SSSR count). The van der Waals surface area contributed by atoms with E-state index in [-0.39, 0.29) is 5.56 Å². The van der Waals surface area contributed by atoms with Crippen LogP contribution in [0.2, 0.25) is 0 Å². The highest BCUT2D eigenvalue weighted by Gasteiger charge is 2.27. The zero-order valence-corrected chi connectivity index (χ0v) is 10.6. The number of halogens is 3. The fourth-order valence-electron chi connectivity index (χ4n) is 1.71. The fraction of sp³-hybridized carbons (Fsp3) is 0.133. The first kappa shape index (κ1) is 14.1. The van der Waals surface area contributed by atoms with Crippen LogP contribution in [0.5, 0.6) is 0 Å². The molecule has 0 atom stereocenters. The van der Waals surface area contributed by atoms with Gasteiger partial charge in [0, 0.05) is 0 Å². The van der Waals surface area contributed by atoms with E-state index in [0.29, 0.717) is 5.56 Å². The number of para-hydroxylation sites is 1. The molecule has 0 aliphatic heterocycles. The lowest BCUT2D eigenvalue weighted by atomic mass is 10.1. The Morgan fingerprint density at radius 1 is 1.00 bits per heavy atom. The molecule has 1 N–H and O–H groups in total. The standard InChI is InChI=1S/C15H13F3N2/c16-15(17,18)10-12-5-4-6-13(9-12)11-19-20-14-7-2-1-3-8-14/h1-9,11,20H,10H2. The summed E-state index contributed by atoms with van der Waals surface area (Å²) in [6.07, 6.45) is -3.63. The summed E-state index contributed by atoms with van der Waals surface area (Å²) in [5.41, 5.74) is 4.47. The van der Waals surface area contributed by atoms with Gasteiger partial charge in [-0.15, -0.1) is 0 Å². The Bertz CT molecular complexity index is 577. The van der Waals surface area contributed by atoms with Gasteiger partial charge in [0.05, 0.1) is 18.3 Å². The van der Waals surface area contributed by atoms with Gasteiger partial charge in [0.1, 0.15) is 0 Å². The molecule has 0 amide bonds. The number of rotatable bonds is 4. The van der Waals surface area contributed by atoms with Crippen molar-refractivity contribution in [2.45, 2.75) is 12.6 Å². The first-order valence-corrected chi connectivity index (χ1v) is 6.03. The number of anilines is 1. The maximum atomic E-state index is 12.3. The third-order valence-corrected chi connectivity index (χ3v) is 2.54. The molecule has 0 aliphatic carbocycles. The fourth-order valence-corrected chi connectivity index (χ4v) is 1.71. The predicted molar refractivity (Wildman–Crippen MR) is 73.9 cm³/mol. The first-order valence-electron chi connectivity index (χ1n) is 6.03. The van der Waals surface area contributed by atoms with Crippen molar-refractivity contribution in [3.8, 4) is 0 Å². The average molecular weight is 278 g/mol. The van der Waals surface area contributed by atoms with Gasteiger partial charge in [0.15, 0.2) is 0 Å². The summed E-state index contributed by atoms with van der Waals surface area (Å²) in [7, 11) is 0. The molecule has 0 unspecified atom stereocenters. The highest BCUT2D eigenvalue weighted by Crippen LogP contribution is 2.21. The van der Waals surface area contributed by atoms with Crippen LogP contribution >= 0.6 is 0 Å². The molecular formula is C15H13F3N2. The lowest BCUT2D eigenvalue weighted by Crippen LogP contribution is -2.11. The minimum absolute atomic E-state index is 0.223. The molecule has 2 aromatic rings. The van der Waals surface area contributed by atoms with Gasteiger partial charge >= 0.3 is 6.18 Å². The van der Waals surface area contributed by atoms with Crippen molar-refractivity contribution in [2.75, 3.05) is 5.43 Å². The topological polar surface area (TPSA) is 24.4 Å². The summed E-state index contributed by atoms with van der Waals surface area (Å²) in [6, 6.07) is 15.5. The van der Waals surface area contributed by atoms with Gasteiger partial charge in [-0.25, -0.2) is 0 Å². The molecule has 104 valence electrons. The lowest BCUT2D eigenvalue weighted by Gasteiger charge is -2.06. The van der Waals surface area contributed by atoms with E-state index in [0.717, 1.165) is 5.69 Å². The molecule has 0 fully saturated rings. The second kappa shape index (κ2) is 6.23. The molecule has 0 heterocycles. The quantitative estimate of drug-likeness (QED) is 0.656. The number of nitrogens with one attached hydrogen (secondary N) is 1. The summed E-state index contributed by atoms with van der Waals surface area (Å²) in [5.74, 6) is 0. The Morgan fingerprint density at radius 2 is 1.75 bits per heavy atom. The van der Waals surface area contributed by atoms with Gasteiger partial charge in [-0.3, -0.25) is 5.43 Å². The van der Waals surface area contributed by atoms with E-state index in [1.54, 1.807) is 12.1 Å².